The molecule has 0 amide bonds. The maximum atomic E-state index is 4.83. The van der Waals surface area contributed by atoms with Gasteiger partial charge in [-0.1, -0.05) is 6.32 Å². The molecule has 0 aromatic rings. The van der Waals surface area contributed by atoms with Crippen molar-refractivity contribution in [1.82, 2.24) is 5.32 Å². The van der Waals surface area contributed by atoms with Crippen LogP contribution >= 0.6 is 0 Å². The average Bonchev–Trinajstić information content (AvgIpc) is 1.81. The van der Waals surface area contributed by atoms with Gasteiger partial charge in [-0.3, -0.25) is 0 Å². The van der Waals surface area contributed by atoms with Crippen molar-refractivity contribution in [3.8, 4) is 0 Å². The molecule has 1 N–H and O–H groups in total. The van der Waals surface area contributed by atoms with Crippen molar-refractivity contribution in [3.05, 3.63) is 0 Å². The molecule has 0 saturated carbocycles. The molecule has 0 rings (SSSR count). The Bertz CT molecular complexity index is 37.4. The second kappa shape index (κ2) is 6.98. The van der Waals surface area contributed by atoms with Crippen molar-refractivity contribution in [3.63, 3.8) is 0 Å². The Morgan fingerprint density at radius 3 is 2.75 bits per heavy atom. The third kappa shape index (κ3) is 5.98. The summed E-state index contributed by atoms with van der Waals surface area (Å²) >= 11 is 0. The van der Waals surface area contributed by atoms with Gasteiger partial charge in [0.05, 0.1) is 6.61 Å². The van der Waals surface area contributed by atoms with Crippen LogP contribution in [0.3, 0.4) is 0 Å². The Hall–Kier alpha value is -0.0151. The first-order chi connectivity index (χ1) is 3.91. The van der Waals surface area contributed by atoms with Crippen molar-refractivity contribution in [2.45, 2.75) is 6.32 Å². The smallest absolute Gasteiger partial charge is 0.102 e. The maximum absolute atomic E-state index is 4.83. The molecule has 0 saturated heterocycles. The third-order valence-electron chi connectivity index (χ3n) is 0.910. The van der Waals surface area contributed by atoms with Gasteiger partial charge in [-0.2, -0.15) is 0 Å². The summed E-state index contributed by atoms with van der Waals surface area (Å²) in [6.07, 6.45) is 1.20. The molecule has 0 fully saturated rings. The van der Waals surface area contributed by atoms with E-state index in [4.69, 9.17) is 4.74 Å². The highest BCUT2D eigenvalue weighted by atomic mass is 16.5. The highest BCUT2D eigenvalue weighted by Crippen LogP contribution is 1.66. The summed E-state index contributed by atoms with van der Waals surface area (Å²) in [5.74, 6) is 0. The molecule has 0 unspecified atom stereocenters. The van der Waals surface area contributed by atoms with Crippen LogP contribution in [0.5, 0.6) is 0 Å². The number of methoxy groups -OCH3 is 1. The van der Waals surface area contributed by atoms with Crippen LogP contribution in [0.2, 0.25) is 6.32 Å². The van der Waals surface area contributed by atoms with Gasteiger partial charge in [0.25, 0.3) is 0 Å². The quantitative estimate of drug-likeness (QED) is 0.377. The summed E-state index contributed by atoms with van der Waals surface area (Å²) in [5, 5.41) is 3.21. The van der Waals surface area contributed by atoms with Crippen LogP contribution in [0.25, 0.3) is 0 Å². The predicted molar refractivity (Wildman–Crippen MR) is 38.1 cm³/mol. The van der Waals surface area contributed by atoms with E-state index in [1.54, 1.807) is 7.11 Å². The molecule has 0 radical (unpaired) electrons. The van der Waals surface area contributed by atoms with Gasteiger partial charge in [-0.25, -0.2) is 0 Å². The lowest BCUT2D eigenvalue weighted by Gasteiger charge is -1.98. The second-order valence-electron chi connectivity index (χ2n) is 1.74. The molecular weight excluding hydrogens is 101 g/mol. The van der Waals surface area contributed by atoms with Gasteiger partial charge in [0.2, 0.25) is 0 Å². The minimum absolute atomic E-state index is 0.819. The second-order valence-corrected chi connectivity index (χ2v) is 1.74. The monoisotopic (exact) mass is 115 g/mol. The van der Waals surface area contributed by atoms with E-state index in [1.165, 1.54) is 6.32 Å². The van der Waals surface area contributed by atoms with Gasteiger partial charge in [-0.05, 0) is 6.54 Å². The largest absolute Gasteiger partial charge is 0.383 e. The van der Waals surface area contributed by atoms with Gasteiger partial charge in [0, 0.05) is 13.7 Å². The van der Waals surface area contributed by atoms with Crippen molar-refractivity contribution >= 4 is 7.85 Å². The molecule has 0 aliphatic rings. The molecule has 48 valence electrons. The molecule has 0 aliphatic heterocycles. The summed E-state index contributed by atoms with van der Waals surface area (Å²) < 4.78 is 4.83. The van der Waals surface area contributed by atoms with E-state index >= 15 is 0 Å². The summed E-state index contributed by atoms with van der Waals surface area (Å²) in [7, 11) is 3.87. The van der Waals surface area contributed by atoms with Gasteiger partial charge >= 0.3 is 0 Å². The van der Waals surface area contributed by atoms with Crippen LogP contribution < -0.4 is 5.32 Å². The first kappa shape index (κ1) is 7.98. The molecule has 0 atom stereocenters. The molecule has 0 spiro atoms. The lowest BCUT2D eigenvalue weighted by atomic mass is 10.1. The topological polar surface area (TPSA) is 21.3 Å². The van der Waals surface area contributed by atoms with Crippen molar-refractivity contribution in [2.24, 2.45) is 0 Å². The number of hydrogen-bond donors (Lipinski definition) is 1. The lowest BCUT2D eigenvalue weighted by Crippen LogP contribution is -2.19. The number of nitrogens with one attached hydrogen (secondary N) is 1. The molecule has 0 aliphatic carbocycles. The van der Waals surface area contributed by atoms with E-state index < -0.39 is 0 Å². The SMILES string of the molecule is BCCNCCOC. The summed E-state index contributed by atoms with van der Waals surface area (Å²) in [4.78, 5) is 0. The van der Waals surface area contributed by atoms with E-state index in [2.05, 4.69) is 13.2 Å². The van der Waals surface area contributed by atoms with Crippen LogP contribution in [0, 0.1) is 0 Å². The minimum atomic E-state index is 0.819. The molecule has 0 aromatic carbocycles. The highest BCUT2D eigenvalue weighted by molar-refractivity contribution is 6.08. The Balaban J connectivity index is 2.53. The lowest BCUT2D eigenvalue weighted by molar-refractivity contribution is 0.200. The Morgan fingerprint density at radius 2 is 2.25 bits per heavy atom. The molecule has 0 heterocycles. The van der Waals surface area contributed by atoms with E-state index in [1.807, 2.05) is 0 Å². The summed E-state index contributed by atoms with van der Waals surface area (Å²) in [5.41, 5.74) is 0. The summed E-state index contributed by atoms with van der Waals surface area (Å²) in [6.45, 7) is 2.90. The van der Waals surface area contributed by atoms with Crippen LogP contribution in [0.1, 0.15) is 0 Å². The van der Waals surface area contributed by atoms with E-state index in [0.29, 0.717) is 0 Å². The van der Waals surface area contributed by atoms with E-state index in [0.717, 1.165) is 19.7 Å². The van der Waals surface area contributed by atoms with Gasteiger partial charge in [0.1, 0.15) is 7.85 Å². The predicted octanol–water partition coefficient (Wildman–Crippen LogP) is -0.726. The molecule has 0 aromatic heterocycles. The molecular formula is C5H14BNO. The number of ether oxygens (including phenoxy) is 1. The number of hydrogen-bond acceptors (Lipinski definition) is 2. The van der Waals surface area contributed by atoms with E-state index in [-0.39, 0.29) is 0 Å². The highest BCUT2D eigenvalue weighted by Gasteiger charge is 1.80. The van der Waals surface area contributed by atoms with Crippen LogP contribution in [-0.4, -0.2) is 34.7 Å². The van der Waals surface area contributed by atoms with Crippen molar-refractivity contribution < 1.29 is 4.74 Å². The fourth-order valence-corrected chi connectivity index (χ4v) is 0.476. The number of rotatable bonds is 5. The van der Waals surface area contributed by atoms with Crippen LogP contribution in [-0.2, 0) is 4.74 Å². The van der Waals surface area contributed by atoms with Gasteiger partial charge in [0.15, 0.2) is 0 Å². The van der Waals surface area contributed by atoms with Crippen LogP contribution in [0.4, 0.5) is 0 Å². The zero-order valence-electron chi connectivity index (χ0n) is 5.74. The molecule has 0 bridgehead atoms. The van der Waals surface area contributed by atoms with Crippen LogP contribution in [0.15, 0.2) is 0 Å². The fourth-order valence-electron chi connectivity index (χ4n) is 0.476. The Kier molecular flexibility index (Phi) is 6.97. The first-order valence-corrected chi connectivity index (χ1v) is 3.11. The molecule has 3 heteroatoms. The van der Waals surface area contributed by atoms with Crippen molar-refractivity contribution in [1.29, 1.82) is 0 Å². The third-order valence-corrected chi connectivity index (χ3v) is 0.910. The van der Waals surface area contributed by atoms with E-state index in [9.17, 15) is 0 Å². The molecule has 2 nitrogen and oxygen atoms in total. The minimum Gasteiger partial charge on any atom is -0.383 e. The zero-order valence-corrected chi connectivity index (χ0v) is 5.74. The molecule has 8 heavy (non-hydrogen) atoms. The standard InChI is InChI=1S/C5H14BNO/c1-8-5-4-7-3-2-6/h7H,2-6H2,1H3. The van der Waals surface area contributed by atoms with Gasteiger partial charge in [-0.15, -0.1) is 0 Å². The summed E-state index contributed by atoms with van der Waals surface area (Å²) in [6, 6.07) is 0. The average molecular weight is 115 g/mol. The first-order valence-electron chi connectivity index (χ1n) is 3.11. The maximum Gasteiger partial charge on any atom is 0.102 e. The van der Waals surface area contributed by atoms with Gasteiger partial charge < -0.3 is 10.1 Å². The fraction of sp³-hybridized carbons (Fsp3) is 1.00. The Labute approximate surface area is 52.0 Å². The normalized spacial score (nSPS) is 9.62. The Morgan fingerprint density at radius 1 is 1.50 bits per heavy atom. The van der Waals surface area contributed by atoms with Crippen molar-refractivity contribution in [2.75, 3.05) is 26.8 Å². The zero-order chi connectivity index (χ0) is 6.24.